The summed E-state index contributed by atoms with van der Waals surface area (Å²) >= 11 is 0. The van der Waals surface area contributed by atoms with Crippen molar-refractivity contribution in [3.05, 3.63) is 0 Å². The number of carbonyl (C=O) groups excluding carboxylic acids is 1. The second kappa shape index (κ2) is 5.64. The van der Waals surface area contributed by atoms with Gasteiger partial charge in [0.25, 0.3) is 0 Å². The molecule has 0 radical (unpaired) electrons. The van der Waals surface area contributed by atoms with E-state index in [0.29, 0.717) is 11.8 Å². The first-order valence-electron chi connectivity index (χ1n) is 7.87. The van der Waals surface area contributed by atoms with Crippen LogP contribution >= 0.6 is 0 Å². The average molecular weight is 282 g/mol. The predicted molar refractivity (Wildman–Crippen MR) is 80.3 cm³/mol. The van der Waals surface area contributed by atoms with Crippen LogP contribution in [0.3, 0.4) is 0 Å². The maximum atomic E-state index is 12.7. The highest BCUT2D eigenvalue weighted by molar-refractivity contribution is 5.91. The van der Waals surface area contributed by atoms with Gasteiger partial charge in [-0.15, -0.1) is 0 Å². The average Bonchev–Trinajstić information content (AvgIpc) is 3.08. The summed E-state index contributed by atoms with van der Waals surface area (Å²) in [6.07, 6.45) is 4.25. The number of nitrogens with one attached hydrogen (secondary N) is 1. The molecule has 2 aliphatic rings. The minimum absolute atomic E-state index is 0.100. The zero-order valence-corrected chi connectivity index (χ0v) is 13.7. The molecule has 4 nitrogen and oxygen atoms in total. The van der Waals surface area contributed by atoms with Crippen LogP contribution in [0, 0.1) is 11.3 Å². The number of carbonyl (C=O) groups is 1. The fourth-order valence-corrected chi connectivity index (χ4v) is 3.09. The SMILES string of the molecule is COCCC(C)(C)CN1C(=O)C2(CC2)NC1CC(C)C. The van der Waals surface area contributed by atoms with Gasteiger partial charge in [0.1, 0.15) is 0 Å². The topological polar surface area (TPSA) is 41.6 Å². The number of methoxy groups -OCH3 is 1. The Kier molecular flexibility index (Phi) is 4.45. The van der Waals surface area contributed by atoms with Crippen LogP contribution in [-0.4, -0.2) is 42.8 Å². The van der Waals surface area contributed by atoms with Crippen LogP contribution in [-0.2, 0) is 9.53 Å². The first kappa shape index (κ1) is 15.8. The maximum absolute atomic E-state index is 12.7. The fourth-order valence-electron chi connectivity index (χ4n) is 3.09. The third kappa shape index (κ3) is 3.34. The lowest BCUT2D eigenvalue weighted by atomic mass is 9.88. The second-order valence-corrected chi connectivity index (χ2v) is 7.71. The Hall–Kier alpha value is -0.610. The summed E-state index contributed by atoms with van der Waals surface area (Å²) in [5.74, 6) is 0.924. The molecule has 1 aliphatic heterocycles. The van der Waals surface area contributed by atoms with Crippen LogP contribution in [0.1, 0.15) is 53.4 Å². The van der Waals surface area contributed by atoms with Gasteiger partial charge >= 0.3 is 0 Å². The van der Waals surface area contributed by atoms with Crippen molar-refractivity contribution in [1.29, 1.82) is 0 Å². The number of ether oxygens (including phenoxy) is 1. The van der Waals surface area contributed by atoms with E-state index in [2.05, 4.69) is 37.9 Å². The van der Waals surface area contributed by atoms with Crippen LogP contribution in [0.5, 0.6) is 0 Å². The van der Waals surface area contributed by atoms with E-state index in [0.717, 1.165) is 38.8 Å². The van der Waals surface area contributed by atoms with E-state index in [1.807, 2.05) is 0 Å². The Morgan fingerprint density at radius 1 is 1.45 bits per heavy atom. The summed E-state index contributed by atoms with van der Waals surface area (Å²) in [5, 5.41) is 3.60. The molecule has 1 amide bonds. The van der Waals surface area contributed by atoms with Crippen LogP contribution in [0.4, 0.5) is 0 Å². The van der Waals surface area contributed by atoms with E-state index in [1.54, 1.807) is 7.11 Å². The minimum atomic E-state index is -0.198. The molecule has 116 valence electrons. The molecule has 1 atom stereocenters. The molecule has 4 heteroatoms. The first-order chi connectivity index (χ1) is 9.30. The molecule has 2 fully saturated rings. The van der Waals surface area contributed by atoms with Crippen molar-refractivity contribution in [2.24, 2.45) is 11.3 Å². The fraction of sp³-hybridized carbons (Fsp3) is 0.938. The van der Waals surface area contributed by atoms with E-state index in [1.165, 1.54) is 0 Å². The molecule has 0 aromatic carbocycles. The van der Waals surface area contributed by atoms with Crippen molar-refractivity contribution in [2.75, 3.05) is 20.3 Å². The summed E-state index contributed by atoms with van der Waals surface area (Å²) < 4.78 is 5.19. The van der Waals surface area contributed by atoms with E-state index in [9.17, 15) is 4.79 Å². The van der Waals surface area contributed by atoms with Crippen molar-refractivity contribution < 1.29 is 9.53 Å². The number of hydrogen-bond donors (Lipinski definition) is 1. The molecule has 2 rings (SSSR count). The summed E-state index contributed by atoms with van der Waals surface area (Å²) in [6.45, 7) is 10.5. The largest absolute Gasteiger partial charge is 0.385 e. The zero-order chi connectivity index (χ0) is 15.0. The van der Waals surface area contributed by atoms with Crippen LogP contribution < -0.4 is 5.32 Å². The highest BCUT2D eigenvalue weighted by atomic mass is 16.5. The zero-order valence-electron chi connectivity index (χ0n) is 13.7. The smallest absolute Gasteiger partial charge is 0.244 e. The van der Waals surface area contributed by atoms with Crippen molar-refractivity contribution in [2.45, 2.75) is 65.1 Å². The standard InChI is InChI=1S/C16H30N2O2/c1-12(2)10-13-17-16(6-7-16)14(19)18(13)11-15(3,4)8-9-20-5/h12-13,17H,6-11H2,1-5H3. The summed E-state index contributed by atoms with van der Waals surface area (Å²) in [4.78, 5) is 14.8. The Bertz CT molecular complexity index is 361. The number of amides is 1. The van der Waals surface area contributed by atoms with Gasteiger partial charge in [0.05, 0.1) is 11.7 Å². The lowest BCUT2D eigenvalue weighted by molar-refractivity contribution is -0.132. The number of nitrogens with zero attached hydrogens (tertiary/aromatic N) is 1. The molecule has 20 heavy (non-hydrogen) atoms. The van der Waals surface area contributed by atoms with Crippen LogP contribution in [0.2, 0.25) is 0 Å². The van der Waals surface area contributed by atoms with Gasteiger partial charge in [-0.3, -0.25) is 10.1 Å². The molecule has 0 bridgehead atoms. The molecular weight excluding hydrogens is 252 g/mol. The minimum Gasteiger partial charge on any atom is -0.385 e. The normalized spacial score (nSPS) is 25.0. The third-order valence-corrected chi connectivity index (χ3v) is 4.52. The second-order valence-electron chi connectivity index (χ2n) is 7.71. The van der Waals surface area contributed by atoms with E-state index < -0.39 is 0 Å². The van der Waals surface area contributed by atoms with Gasteiger partial charge in [-0.1, -0.05) is 27.7 Å². The molecule has 0 aromatic heterocycles. The van der Waals surface area contributed by atoms with Crippen LogP contribution in [0.25, 0.3) is 0 Å². The van der Waals surface area contributed by atoms with E-state index >= 15 is 0 Å². The van der Waals surface area contributed by atoms with Gasteiger partial charge in [-0.25, -0.2) is 0 Å². The lowest BCUT2D eigenvalue weighted by Crippen LogP contribution is -2.44. The molecule has 1 unspecified atom stereocenters. The highest BCUT2D eigenvalue weighted by Crippen LogP contribution is 2.44. The third-order valence-electron chi connectivity index (χ3n) is 4.52. The summed E-state index contributed by atoms with van der Waals surface area (Å²) in [5.41, 5.74) is -0.0973. The van der Waals surface area contributed by atoms with Crippen molar-refractivity contribution in [3.63, 3.8) is 0 Å². The molecule has 0 aromatic rings. The monoisotopic (exact) mass is 282 g/mol. The van der Waals surface area contributed by atoms with Crippen LogP contribution in [0.15, 0.2) is 0 Å². The molecule has 1 saturated heterocycles. The molecule has 1 spiro atoms. The molecule has 1 N–H and O–H groups in total. The van der Waals surface area contributed by atoms with E-state index in [4.69, 9.17) is 4.74 Å². The van der Waals surface area contributed by atoms with Crippen molar-refractivity contribution >= 4 is 5.91 Å². The lowest BCUT2D eigenvalue weighted by Gasteiger charge is -2.34. The summed E-state index contributed by atoms with van der Waals surface area (Å²) in [7, 11) is 1.74. The number of rotatable bonds is 7. The van der Waals surface area contributed by atoms with Gasteiger partial charge in [0.15, 0.2) is 0 Å². The molecule has 1 heterocycles. The van der Waals surface area contributed by atoms with Gasteiger partial charge in [-0.2, -0.15) is 0 Å². The Morgan fingerprint density at radius 2 is 2.10 bits per heavy atom. The van der Waals surface area contributed by atoms with Gasteiger partial charge in [-0.05, 0) is 37.0 Å². The molecule has 1 aliphatic carbocycles. The Labute approximate surface area is 123 Å². The van der Waals surface area contributed by atoms with Gasteiger partial charge in [0.2, 0.25) is 5.91 Å². The maximum Gasteiger partial charge on any atom is 0.244 e. The Balaban J connectivity index is 2.04. The Morgan fingerprint density at radius 3 is 2.60 bits per heavy atom. The number of hydrogen-bond acceptors (Lipinski definition) is 3. The van der Waals surface area contributed by atoms with Crippen molar-refractivity contribution in [1.82, 2.24) is 10.2 Å². The van der Waals surface area contributed by atoms with Crippen molar-refractivity contribution in [3.8, 4) is 0 Å². The molecule has 1 saturated carbocycles. The highest BCUT2D eigenvalue weighted by Gasteiger charge is 2.59. The van der Waals surface area contributed by atoms with Gasteiger partial charge in [0, 0.05) is 20.3 Å². The van der Waals surface area contributed by atoms with E-state index in [-0.39, 0.29) is 17.1 Å². The van der Waals surface area contributed by atoms with Gasteiger partial charge < -0.3 is 9.64 Å². The molecular formula is C16H30N2O2. The first-order valence-corrected chi connectivity index (χ1v) is 7.87. The summed E-state index contributed by atoms with van der Waals surface area (Å²) in [6, 6.07) is 0. The quantitative estimate of drug-likeness (QED) is 0.779. The predicted octanol–water partition coefficient (Wildman–Crippen LogP) is 2.39.